The fourth-order valence-corrected chi connectivity index (χ4v) is 4.11. The van der Waals surface area contributed by atoms with Gasteiger partial charge in [-0.05, 0) is 36.8 Å². The normalized spacial score (nSPS) is 22.4. The van der Waals surface area contributed by atoms with Gasteiger partial charge < -0.3 is 5.32 Å². The average molecular weight is 270 g/mol. The summed E-state index contributed by atoms with van der Waals surface area (Å²) in [5.41, 5.74) is 1.26. The smallest absolute Gasteiger partial charge is 0.0455 e. The Morgan fingerprint density at radius 1 is 1.41 bits per heavy atom. The van der Waals surface area contributed by atoms with E-state index in [1.54, 1.807) is 0 Å². The number of hydrogen-bond acceptors (Lipinski definition) is 2. The third-order valence-electron chi connectivity index (χ3n) is 3.25. The van der Waals surface area contributed by atoms with Gasteiger partial charge in [0.05, 0.1) is 0 Å². The predicted octanol–water partition coefficient (Wildman–Crippen LogP) is 4.28. The number of rotatable bonds is 4. The van der Waals surface area contributed by atoms with Gasteiger partial charge in [0.25, 0.3) is 0 Å². The topological polar surface area (TPSA) is 12.0 Å². The first-order valence-corrected chi connectivity index (χ1v) is 7.85. The molecule has 2 atom stereocenters. The van der Waals surface area contributed by atoms with Gasteiger partial charge in [-0.1, -0.05) is 43.1 Å². The minimum Gasteiger partial charge on any atom is -0.309 e. The minimum absolute atomic E-state index is 0.402. The van der Waals surface area contributed by atoms with Crippen molar-refractivity contribution in [1.29, 1.82) is 0 Å². The molecule has 2 rings (SSSR count). The van der Waals surface area contributed by atoms with Gasteiger partial charge in [0.1, 0.15) is 0 Å². The third kappa shape index (κ3) is 3.40. The molecule has 0 radical (unpaired) electrons. The van der Waals surface area contributed by atoms with Crippen molar-refractivity contribution in [3.05, 3.63) is 34.9 Å². The molecule has 0 saturated carbocycles. The highest BCUT2D eigenvalue weighted by Crippen LogP contribution is 2.36. The number of thioether (sulfide) groups is 1. The fourth-order valence-electron chi connectivity index (χ4n) is 2.42. The largest absolute Gasteiger partial charge is 0.309 e. The van der Waals surface area contributed by atoms with E-state index in [0.29, 0.717) is 11.3 Å². The van der Waals surface area contributed by atoms with Crippen molar-refractivity contribution in [3.8, 4) is 0 Å². The second-order valence-corrected chi connectivity index (χ2v) is 6.22. The number of halogens is 1. The predicted molar refractivity (Wildman–Crippen MR) is 78.0 cm³/mol. The molecule has 1 N–H and O–H groups in total. The van der Waals surface area contributed by atoms with Crippen LogP contribution in [-0.4, -0.2) is 17.5 Å². The second kappa shape index (κ2) is 6.67. The Bertz CT molecular complexity index is 350. The maximum Gasteiger partial charge on any atom is 0.0455 e. The summed E-state index contributed by atoms with van der Waals surface area (Å²) in [5.74, 6) is 1.29. The van der Waals surface area contributed by atoms with Gasteiger partial charge in [-0.15, -0.1) is 0 Å². The quantitative estimate of drug-likeness (QED) is 0.876. The van der Waals surface area contributed by atoms with Gasteiger partial charge in [0, 0.05) is 16.3 Å². The summed E-state index contributed by atoms with van der Waals surface area (Å²) in [6, 6.07) is 8.64. The van der Waals surface area contributed by atoms with Crippen LogP contribution in [0.2, 0.25) is 5.02 Å². The molecule has 17 heavy (non-hydrogen) atoms. The molecular formula is C14H20ClNS. The molecule has 1 aromatic rings. The van der Waals surface area contributed by atoms with Crippen molar-refractivity contribution in [3.63, 3.8) is 0 Å². The molecule has 0 amide bonds. The zero-order chi connectivity index (χ0) is 12.1. The Morgan fingerprint density at radius 3 is 2.88 bits per heavy atom. The van der Waals surface area contributed by atoms with Crippen LogP contribution in [0.1, 0.15) is 37.8 Å². The number of benzene rings is 1. The van der Waals surface area contributed by atoms with Crippen LogP contribution in [0.5, 0.6) is 0 Å². The van der Waals surface area contributed by atoms with E-state index in [0.717, 1.165) is 11.6 Å². The van der Waals surface area contributed by atoms with E-state index >= 15 is 0 Å². The summed E-state index contributed by atoms with van der Waals surface area (Å²) in [6.07, 6.45) is 4.01. The second-order valence-electron chi connectivity index (χ2n) is 4.46. The monoisotopic (exact) mass is 269 g/mol. The van der Waals surface area contributed by atoms with E-state index < -0.39 is 0 Å². The molecule has 1 fully saturated rings. The lowest BCUT2D eigenvalue weighted by Gasteiger charge is -2.31. The van der Waals surface area contributed by atoms with Crippen LogP contribution in [0.15, 0.2) is 24.3 Å². The Morgan fingerprint density at radius 2 is 2.24 bits per heavy atom. The van der Waals surface area contributed by atoms with Crippen LogP contribution in [0.4, 0.5) is 0 Å². The molecule has 1 aliphatic heterocycles. The molecule has 1 nitrogen and oxygen atoms in total. The summed E-state index contributed by atoms with van der Waals surface area (Å²) in [4.78, 5) is 0. The lowest BCUT2D eigenvalue weighted by Crippen LogP contribution is -2.32. The van der Waals surface area contributed by atoms with Crippen LogP contribution < -0.4 is 5.32 Å². The van der Waals surface area contributed by atoms with Gasteiger partial charge in [-0.2, -0.15) is 11.8 Å². The maximum absolute atomic E-state index is 6.32. The van der Waals surface area contributed by atoms with Gasteiger partial charge in [0.2, 0.25) is 0 Å². The van der Waals surface area contributed by atoms with Gasteiger partial charge in [-0.25, -0.2) is 0 Å². The highest BCUT2D eigenvalue weighted by molar-refractivity contribution is 8.00. The van der Waals surface area contributed by atoms with Crippen molar-refractivity contribution in [2.24, 2.45) is 0 Å². The van der Waals surface area contributed by atoms with Crippen molar-refractivity contribution in [1.82, 2.24) is 5.32 Å². The Labute approximate surface area is 113 Å². The molecule has 0 bridgehead atoms. The van der Waals surface area contributed by atoms with E-state index in [2.05, 4.69) is 36.1 Å². The molecule has 1 heterocycles. The summed E-state index contributed by atoms with van der Waals surface area (Å²) < 4.78 is 0. The Balaban J connectivity index is 2.18. The first-order valence-electron chi connectivity index (χ1n) is 6.42. The molecule has 0 spiro atoms. The molecule has 2 unspecified atom stereocenters. The molecule has 0 aromatic heterocycles. The number of hydrogen-bond donors (Lipinski definition) is 1. The lowest BCUT2D eigenvalue weighted by atomic mass is 9.99. The summed E-state index contributed by atoms with van der Waals surface area (Å²) >= 11 is 8.42. The van der Waals surface area contributed by atoms with E-state index in [1.807, 2.05) is 12.1 Å². The highest BCUT2D eigenvalue weighted by Gasteiger charge is 2.26. The zero-order valence-electron chi connectivity index (χ0n) is 10.3. The molecule has 1 aromatic carbocycles. The van der Waals surface area contributed by atoms with E-state index in [-0.39, 0.29) is 0 Å². The Kier molecular flexibility index (Phi) is 5.20. The lowest BCUT2D eigenvalue weighted by molar-refractivity contribution is 0.491. The Hall–Kier alpha value is -0.180. The summed E-state index contributed by atoms with van der Waals surface area (Å²) in [5, 5.41) is 5.17. The van der Waals surface area contributed by atoms with Gasteiger partial charge >= 0.3 is 0 Å². The van der Waals surface area contributed by atoms with E-state index in [9.17, 15) is 0 Å². The third-order valence-corrected chi connectivity index (χ3v) is 5.06. The van der Waals surface area contributed by atoms with Crippen LogP contribution in [0.3, 0.4) is 0 Å². The number of nitrogens with one attached hydrogen (secondary N) is 1. The zero-order valence-corrected chi connectivity index (χ0v) is 11.9. The van der Waals surface area contributed by atoms with Crippen molar-refractivity contribution in [2.75, 3.05) is 12.3 Å². The fraction of sp³-hybridized carbons (Fsp3) is 0.571. The maximum atomic E-state index is 6.32. The van der Waals surface area contributed by atoms with E-state index in [1.165, 1.54) is 30.6 Å². The molecule has 0 aliphatic carbocycles. The highest BCUT2D eigenvalue weighted by atomic mass is 35.5. The minimum atomic E-state index is 0.402. The average Bonchev–Trinajstić information content (AvgIpc) is 2.38. The molecule has 94 valence electrons. The van der Waals surface area contributed by atoms with Crippen LogP contribution in [-0.2, 0) is 0 Å². The first-order chi connectivity index (χ1) is 8.33. The summed E-state index contributed by atoms with van der Waals surface area (Å²) in [7, 11) is 0. The van der Waals surface area contributed by atoms with Crippen LogP contribution in [0.25, 0.3) is 0 Å². The molecule has 1 saturated heterocycles. The van der Waals surface area contributed by atoms with Gasteiger partial charge in [-0.3, -0.25) is 0 Å². The first kappa shape index (κ1) is 13.3. The standard InChI is InChI=1S/C14H20ClNS/c1-2-16-14(13-9-5-6-10-17-13)11-7-3-4-8-12(11)15/h3-4,7-8,13-14,16H,2,5-6,9-10H2,1H3. The van der Waals surface area contributed by atoms with Crippen molar-refractivity contribution >= 4 is 23.4 Å². The van der Waals surface area contributed by atoms with E-state index in [4.69, 9.17) is 11.6 Å². The SMILES string of the molecule is CCNC(c1ccccc1Cl)C1CCCCS1. The molecule has 3 heteroatoms. The van der Waals surface area contributed by atoms with Gasteiger partial charge in [0.15, 0.2) is 0 Å². The van der Waals surface area contributed by atoms with Crippen molar-refractivity contribution in [2.45, 2.75) is 37.5 Å². The van der Waals surface area contributed by atoms with Crippen LogP contribution >= 0.6 is 23.4 Å². The summed E-state index contributed by atoms with van der Waals surface area (Å²) in [6.45, 7) is 3.16. The van der Waals surface area contributed by atoms with Crippen LogP contribution in [0, 0.1) is 0 Å². The molecular weight excluding hydrogens is 250 g/mol. The molecule has 1 aliphatic rings. The van der Waals surface area contributed by atoms with Crippen molar-refractivity contribution < 1.29 is 0 Å².